The third-order valence-electron chi connectivity index (χ3n) is 1.60. The number of ether oxygens (including phenoxy) is 1. The molecule has 0 heterocycles. The topological polar surface area (TPSA) is 50.4 Å². The van der Waals surface area contributed by atoms with Crippen molar-refractivity contribution < 1.29 is 9.53 Å². The van der Waals surface area contributed by atoms with Gasteiger partial charge in [0.1, 0.15) is 0 Å². The smallest absolute Gasteiger partial charge is 0.234 e. The van der Waals surface area contributed by atoms with Gasteiger partial charge in [-0.3, -0.25) is 4.79 Å². The maximum atomic E-state index is 11.0. The molecule has 12 heavy (non-hydrogen) atoms. The van der Waals surface area contributed by atoms with E-state index >= 15 is 0 Å². The van der Waals surface area contributed by atoms with Gasteiger partial charge in [0.15, 0.2) is 0 Å². The van der Waals surface area contributed by atoms with Crippen LogP contribution < -0.4 is 10.6 Å². The molecule has 2 N–H and O–H groups in total. The Bertz CT molecular complexity index is 146. The van der Waals surface area contributed by atoms with E-state index in [-0.39, 0.29) is 11.5 Å². The van der Waals surface area contributed by atoms with Gasteiger partial charge in [-0.1, -0.05) is 0 Å². The first-order valence-corrected chi connectivity index (χ1v) is 3.98. The van der Waals surface area contributed by atoms with Gasteiger partial charge in [-0.25, -0.2) is 0 Å². The summed E-state index contributed by atoms with van der Waals surface area (Å²) in [6.45, 7) is 4.73. The van der Waals surface area contributed by atoms with Gasteiger partial charge in [0.25, 0.3) is 0 Å². The van der Waals surface area contributed by atoms with Gasteiger partial charge < -0.3 is 15.4 Å². The Kier molecular flexibility index (Phi) is 4.85. The Morgan fingerprint density at radius 1 is 1.50 bits per heavy atom. The second-order valence-corrected chi connectivity index (χ2v) is 3.27. The van der Waals surface area contributed by atoms with E-state index in [1.54, 1.807) is 14.2 Å². The van der Waals surface area contributed by atoms with E-state index in [0.717, 1.165) is 0 Å². The molecule has 0 saturated heterocycles. The lowest BCUT2D eigenvalue weighted by molar-refractivity contribution is -0.121. The molecule has 4 heteroatoms. The van der Waals surface area contributed by atoms with Gasteiger partial charge in [0.05, 0.1) is 12.1 Å². The molecule has 0 spiro atoms. The summed E-state index contributed by atoms with van der Waals surface area (Å²) >= 11 is 0. The van der Waals surface area contributed by atoms with Crippen LogP contribution >= 0.6 is 0 Å². The molecule has 0 aromatic rings. The predicted molar refractivity (Wildman–Crippen MR) is 48.0 cm³/mol. The molecule has 0 bridgehead atoms. The van der Waals surface area contributed by atoms with Crippen LogP contribution in [0.15, 0.2) is 0 Å². The lowest BCUT2D eigenvalue weighted by atomic mass is 10.1. The molecular weight excluding hydrogens is 156 g/mol. The van der Waals surface area contributed by atoms with Crippen molar-refractivity contribution in [2.24, 2.45) is 0 Å². The minimum absolute atomic E-state index is 0.0115. The predicted octanol–water partition coefficient (Wildman–Crippen LogP) is -0.253. The Morgan fingerprint density at radius 3 is 2.50 bits per heavy atom. The molecule has 0 unspecified atom stereocenters. The largest absolute Gasteiger partial charge is 0.377 e. The van der Waals surface area contributed by atoms with Crippen molar-refractivity contribution in [3.8, 4) is 0 Å². The number of methoxy groups -OCH3 is 1. The third-order valence-corrected chi connectivity index (χ3v) is 1.60. The van der Waals surface area contributed by atoms with Gasteiger partial charge >= 0.3 is 0 Å². The number of amides is 1. The second kappa shape index (κ2) is 5.11. The van der Waals surface area contributed by atoms with Crippen LogP contribution in [0.5, 0.6) is 0 Å². The summed E-state index contributed by atoms with van der Waals surface area (Å²) < 4.78 is 5.13. The molecule has 0 aliphatic heterocycles. The van der Waals surface area contributed by atoms with Crippen LogP contribution in [-0.4, -0.2) is 38.8 Å². The zero-order valence-corrected chi connectivity index (χ0v) is 8.23. The van der Waals surface area contributed by atoms with Crippen LogP contribution in [0.3, 0.4) is 0 Å². The van der Waals surface area contributed by atoms with Gasteiger partial charge in [0, 0.05) is 13.7 Å². The van der Waals surface area contributed by atoms with Gasteiger partial charge in [-0.15, -0.1) is 0 Å². The molecule has 0 rings (SSSR count). The number of carbonyl (C=O) groups is 1. The van der Waals surface area contributed by atoms with Crippen LogP contribution in [0, 0.1) is 0 Å². The molecule has 0 atom stereocenters. The fraction of sp³-hybridized carbons (Fsp3) is 0.875. The Hall–Kier alpha value is -0.610. The van der Waals surface area contributed by atoms with Gasteiger partial charge in [-0.2, -0.15) is 0 Å². The minimum Gasteiger partial charge on any atom is -0.377 e. The molecule has 0 radical (unpaired) electrons. The molecule has 4 nitrogen and oxygen atoms in total. The molecule has 1 amide bonds. The fourth-order valence-corrected chi connectivity index (χ4v) is 0.607. The van der Waals surface area contributed by atoms with Crippen LogP contribution in [0.2, 0.25) is 0 Å². The number of nitrogens with one attached hydrogen (secondary N) is 2. The Morgan fingerprint density at radius 2 is 2.08 bits per heavy atom. The van der Waals surface area contributed by atoms with E-state index < -0.39 is 0 Å². The number of likely N-dealkylation sites (N-methyl/N-ethyl adjacent to an activating group) is 1. The Balaban J connectivity index is 3.60. The van der Waals surface area contributed by atoms with E-state index in [9.17, 15) is 4.79 Å². The normalized spacial score (nSPS) is 11.3. The van der Waals surface area contributed by atoms with Crippen molar-refractivity contribution in [2.75, 3.05) is 27.2 Å². The molecule has 0 aliphatic rings. The van der Waals surface area contributed by atoms with Crippen molar-refractivity contribution in [3.63, 3.8) is 0 Å². The number of carbonyl (C=O) groups excluding carboxylic acids is 1. The van der Waals surface area contributed by atoms with Crippen LogP contribution in [0.25, 0.3) is 0 Å². The molecule has 0 aromatic heterocycles. The van der Waals surface area contributed by atoms with Crippen LogP contribution in [0.4, 0.5) is 0 Å². The number of hydrogen-bond donors (Lipinski definition) is 2. The fourth-order valence-electron chi connectivity index (χ4n) is 0.607. The summed E-state index contributed by atoms with van der Waals surface area (Å²) in [6.07, 6.45) is 0. The summed E-state index contributed by atoms with van der Waals surface area (Å²) in [7, 11) is 3.37. The van der Waals surface area contributed by atoms with Crippen LogP contribution in [0.1, 0.15) is 13.8 Å². The maximum Gasteiger partial charge on any atom is 0.234 e. The summed E-state index contributed by atoms with van der Waals surface area (Å²) in [5, 5.41) is 5.52. The zero-order chi connectivity index (χ0) is 9.61. The van der Waals surface area contributed by atoms with E-state index in [2.05, 4.69) is 10.6 Å². The molecule has 0 aliphatic carbocycles. The van der Waals surface area contributed by atoms with Crippen molar-refractivity contribution in [3.05, 3.63) is 0 Å². The van der Waals surface area contributed by atoms with E-state index in [4.69, 9.17) is 4.74 Å². The third kappa shape index (κ3) is 5.09. The molecule has 0 aromatic carbocycles. The van der Waals surface area contributed by atoms with Crippen molar-refractivity contribution >= 4 is 5.91 Å². The zero-order valence-electron chi connectivity index (χ0n) is 8.23. The molecule has 0 saturated carbocycles. The number of hydrogen-bond acceptors (Lipinski definition) is 3. The minimum atomic E-state index is -0.288. The average molecular weight is 174 g/mol. The highest BCUT2D eigenvalue weighted by Gasteiger charge is 2.16. The van der Waals surface area contributed by atoms with E-state index in [1.807, 2.05) is 13.8 Å². The van der Waals surface area contributed by atoms with Gasteiger partial charge in [-0.05, 0) is 20.9 Å². The molecular formula is C8H18N2O2. The summed E-state index contributed by atoms with van der Waals surface area (Å²) in [5.41, 5.74) is -0.288. The van der Waals surface area contributed by atoms with Crippen LogP contribution in [-0.2, 0) is 9.53 Å². The molecule has 0 fully saturated rings. The highest BCUT2D eigenvalue weighted by Crippen LogP contribution is 2.03. The number of rotatable bonds is 5. The lowest BCUT2D eigenvalue weighted by Crippen LogP contribution is -2.42. The first kappa shape index (κ1) is 11.4. The summed E-state index contributed by atoms with van der Waals surface area (Å²) in [5.74, 6) is -0.0115. The highest BCUT2D eigenvalue weighted by molar-refractivity contribution is 5.77. The van der Waals surface area contributed by atoms with E-state index in [0.29, 0.717) is 13.1 Å². The van der Waals surface area contributed by atoms with Gasteiger partial charge in [0.2, 0.25) is 5.91 Å². The standard InChI is InChI=1S/C8H18N2O2/c1-8(2,12-4)6-10-7(11)5-9-3/h9H,5-6H2,1-4H3,(H,10,11). The monoisotopic (exact) mass is 174 g/mol. The SMILES string of the molecule is CNCC(=O)NCC(C)(C)OC. The average Bonchev–Trinajstić information content (AvgIpc) is 2.02. The first-order valence-electron chi connectivity index (χ1n) is 3.98. The highest BCUT2D eigenvalue weighted by atomic mass is 16.5. The first-order chi connectivity index (χ1) is 5.52. The lowest BCUT2D eigenvalue weighted by Gasteiger charge is -2.22. The molecule has 72 valence electrons. The summed E-state index contributed by atoms with van der Waals surface area (Å²) in [6, 6.07) is 0. The van der Waals surface area contributed by atoms with E-state index in [1.165, 1.54) is 0 Å². The van der Waals surface area contributed by atoms with Crippen molar-refractivity contribution in [2.45, 2.75) is 19.4 Å². The quantitative estimate of drug-likeness (QED) is 0.604. The van der Waals surface area contributed by atoms with Crippen molar-refractivity contribution in [1.82, 2.24) is 10.6 Å². The maximum absolute atomic E-state index is 11.0. The second-order valence-electron chi connectivity index (χ2n) is 3.27. The summed E-state index contributed by atoms with van der Waals surface area (Å²) in [4.78, 5) is 11.0. The van der Waals surface area contributed by atoms with Crippen molar-refractivity contribution in [1.29, 1.82) is 0 Å². The Labute approximate surface area is 73.7 Å².